The second-order valence-electron chi connectivity index (χ2n) is 7.32. The van der Waals surface area contributed by atoms with Gasteiger partial charge in [-0.15, -0.1) is 0 Å². The van der Waals surface area contributed by atoms with Gasteiger partial charge in [-0.05, 0) is 38.9 Å². The van der Waals surface area contributed by atoms with Gasteiger partial charge in [0.25, 0.3) is 0 Å². The van der Waals surface area contributed by atoms with Crippen molar-refractivity contribution >= 4 is 0 Å². The van der Waals surface area contributed by atoms with Crippen LogP contribution in [0.5, 0.6) is 0 Å². The van der Waals surface area contributed by atoms with E-state index in [1.54, 1.807) is 10.9 Å². The van der Waals surface area contributed by atoms with Crippen molar-refractivity contribution in [3.8, 4) is 0 Å². The molecule has 8 heteroatoms. The minimum atomic E-state index is -0.401. The third-order valence-corrected chi connectivity index (χ3v) is 5.10. The molecule has 0 radical (unpaired) electrons. The summed E-state index contributed by atoms with van der Waals surface area (Å²) in [5, 5.41) is 18.5. The van der Waals surface area contributed by atoms with E-state index in [9.17, 15) is 5.11 Å². The van der Waals surface area contributed by atoms with Crippen LogP contribution in [-0.2, 0) is 13.1 Å². The standard InChI is InChI=1S/C17H26N6O2/c1-21(12-16-19-17(25-20-16)13-3-4-13)14-5-8-22(9-14)10-15(24)11-23-7-2-6-18-23/h2,6-7,13-15,24H,3-5,8-12H2,1H3. The maximum Gasteiger partial charge on any atom is 0.229 e. The van der Waals surface area contributed by atoms with E-state index in [0.29, 0.717) is 31.6 Å². The molecule has 2 unspecified atom stereocenters. The first-order valence-corrected chi connectivity index (χ1v) is 9.08. The number of aliphatic hydroxyl groups excluding tert-OH is 1. The van der Waals surface area contributed by atoms with Crippen LogP contribution in [0.2, 0.25) is 0 Å². The summed E-state index contributed by atoms with van der Waals surface area (Å²) in [6, 6.07) is 2.33. The lowest BCUT2D eigenvalue weighted by molar-refractivity contribution is 0.101. The van der Waals surface area contributed by atoms with E-state index < -0.39 is 6.10 Å². The first kappa shape index (κ1) is 16.7. The highest BCUT2D eigenvalue weighted by atomic mass is 16.5. The van der Waals surface area contributed by atoms with Gasteiger partial charge in [-0.1, -0.05) is 5.16 Å². The van der Waals surface area contributed by atoms with Gasteiger partial charge >= 0.3 is 0 Å². The zero-order valence-electron chi connectivity index (χ0n) is 14.7. The number of rotatable bonds is 8. The number of aromatic nitrogens is 4. The van der Waals surface area contributed by atoms with Gasteiger partial charge in [0.1, 0.15) is 0 Å². The Kier molecular flexibility index (Phi) is 4.82. The second kappa shape index (κ2) is 7.23. The van der Waals surface area contributed by atoms with Crippen molar-refractivity contribution in [3.63, 3.8) is 0 Å². The van der Waals surface area contributed by atoms with E-state index in [1.165, 1.54) is 12.8 Å². The average molecular weight is 346 g/mol. The maximum atomic E-state index is 10.3. The quantitative estimate of drug-likeness (QED) is 0.754. The molecule has 0 spiro atoms. The molecule has 8 nitrogen and oxygen atoms in total. The summed E-state index contributed by atoms with van der Waals surface area (Å²) in [5.74, 6) is 2.09. The van der Waals surface area contributed by atoms with Crippen molar-refractivity contribution < 1.29 is 9.63 Å². The van der Waals surface area contributed by atoms with Crippen LogP contribution in [0.1, 0.15) is 36.9 Å². The van der Waals surface area contributed by atoms with Crippen molar-refractivity contribution in [2.75, 3.05) is 26.7 Å². The lowest BCUT2D eigenvalue weighted by Gasteiger charge is -2.24. The van der Waals surface area contributed by atoms with Crippen molar-refractivity contribution in [1.29, 1.82) is 0 Å². The molecule has 2 atom stereocenters. The van der Waals surface area contributed by atoms with Crippen LogP contribution in [0.15, 0.2) is 23.0 Å². The molecular weight excluding hydrogens is 320 g/mol. The molecule has 0 bridgehead atoms. The van der Waals surface area contributed by atoms with Crippen molar-refractivity contribution in [2.45, 2.75) is 50.4 Å². The van der Waals surface area contributed by atoms with E-state index >= 15 is 0 Å². The normalized spacial score (nSPS) is 22.8. The Balaban J connectivity index is 1.23. The van der Waals surface area contributed by atoms with E-state index in [0.717, 1.165) is 31.2 Å². The molecule has 25 heavy (non-hydrogen) atoms. The smallest absolute Gasteiger partial charge is 0.229 e. The molecule has 1 aliphatic carbocycles. The molecule has 0 aromatic carbocycles. The average Bonchev–Trinajstić information content (AvgIpc) is 3.00. The Labute approximate surface area is 147 Å². The second-order valence-corrected chi connectivity index (χ2v) is 7.32. The molecule has 1 N–H and O–H groups in total. The van der Waals surface area contributed by atoms with E-state index in [1.807, 2.05) is 12.3 Å². The van der Waals surface area contributed by atoms with Crippen molar-refractivity contribution in [1.82, 2.24) is 29.7 Å². The number of nitrogens with zero attached hydrogens (tertiary/aromatic N) is 6. The topological polar surface area (TPSA) is 83.5 Å². The van der Waals surface area contributed by atoms with Crippen LogP contribution in [0.4, 0.5) is 0 Å². The molecule has 0 amide bonds. The number of hydrogen-bond donors (Lipinski definition) is 1. The zero-order valence-corrected chi connectivity index (χ0v) is 14.7. The van der Waals surface area contributed by atoms with E-state index in [2.05, 4.69) is 32.1 Å². The number of hydrogen-bond acceptors (Lipinski definition) is 7. The molecule has 136 valence electrons. The van der Waals surface area contributed by atoms with Crippen LogP contribution in [0, 0.1) is 0 Å². The lowest BCUT2D eigenvalue weighted by atomic mass is 10.2. The van der Waals surface area contributed by atoms with Gasteiger partial charge in [0.15, 0.2) is 5.82 Å². The third kappa shape index (κ3) is 4.26. The Bertz CT molecular complexity index is 668. The third-order valence-electron chi connectivity index (χ3n) is 5.10. The summed E-state index contributed by atoms with van der Waals surface area (Å²) < 4.78 is 7.11. The predicted molar refractivity (Wildman–Crippen MR) is 90.8 cm³/mol. The fourth-order valence-electron chi connectivity index (χ4n) is 3.50. The molecule has 2 aromatic rings. The molecule has 1 saturated heterocycles. The van der Waals surface area contributed by atoms with Crippen LogP contribution in [0.25, 0.3) is 0 Å². The zero-order chi connectivity index (χ0) is 17.2. The van der Waals surface area contributed by atoms with Gasteiger partial charge in [0, 0.05) is 37.4 Å². The maximum absolute atomic E-state index is 10.3. The molecule has 2 aromatic heterocycles. The van der Waals surface area contributed by atoms with E-state index in [-0.39, 0.29) is 0 Å². The van der Waals surface area contributed by atoms with Gasteiger partial charge in [-0.25, -0.2) is 0 Å². The van der Waals surface area contributed by atoms with Gasteiger partial charge in [0.2, 0.25) is 5.89 Å². The summed E-state index contributed by atoms with van der Waals surface area (Å²) in [6.07, 6.45) is 6.66. The van der Waals surface area contributed by atoms with E-state index in [4.69, 9.17) is 4.52 Å². The Morgan fingerprint density at radius 2 is 2.24 bits per heavy atom. The fourth-order valence-corrected chi connectivity index (χ4v) is 3.50. The molecule has 4 rings (SSSR count). The molecule has 1 saturated carbocycles. The van der Waals surface area contributed by atoms with Crippen molar-refractivity contribution in [3.05, 3.63) is 30.2 Å². The van der Waals surface area contributed by atoms with Crippen molar-refractivity contribution in [2.24, 2.45) is 0 Å². The number of aliphatic hydroxyl groups is 1. The predicted octanol–water partition coefficient (Wildman–Crippen LogP) is 0.711. The SMILES string of the molecule is CN(Cc1noc(C2CC2)n1)C1CCN(CC(O)Cn2cccn2)C1. The first-order valence-electron chi connectivity index (χ1n) is 9.08. The largest absolute Gasteiger partial charge is 0.390 e. The Morgan fingerprint density at radius 1 is 1.36 bits per heavy atom. The Hall–Kier alpha value is -1.77. The van der Waals surface area contributed by atoms with Gasteiger partial charge < -0.3 is 9.63 Å². The number of β-amino-alcohol motifs (C(OH)–C–C–N with tert-alkyl or cyclic N) is 1. The summed E-state index contributed by atoms with van der Waals surface area (Å²) in [7, 11) is 2.11. The van der Waals surface area contributed by atoms with Crippen LogP contribution in [0.3, 0.4) is 0 Å². The van der Waals surface area contributed by atoms with Gasteiger partial charge in [0.05, 0.1) is 19.2 Å². The van der Waals surface area contributed by atoms with Crippen LogP contribution in [-0.4, -0.2) is 73.7 Å². The highest BCUT2D eigenvalue weighted by molar-refractivity contribution is 5.02. The first-order chi connectivity index (χ1) is 12.2. The van der Waals surface area contributed by atoms with Gasteiger partial charge in [-0.3, -0.25) is 14.5 Å². The number of likely N-dealkylation sites (tertiary alicyclic amines) is 1. The molecule has 1 aliphatic heterocycles. The molecule has 2 fully saturated rings. The molecule has 3 heterocycles. The Morgan fingerprint density at radius 3 is 3.00 bits per heavy atom. The molecule has 2 aliphatic rings. The minimum Gasteiger partial charge on any atom is -0.390 e. The minimum absolute atomic E-state index is 0.401. The lowest BCUT2D eigenvalue weighted by Crippen LogP contribution is -2.37. The van der Waals surface area contributed by atoms with Crippen LogP contribution >= 0.6 is 0 Å². The fraction of sp³-hybridized carbons (Fsp3) is 0.706. The van der Waals surface area contributed by atoms with Crippen LogP contribution < -0.4 is 0 Å². The monoisotopic (exact) mass is 346 g/mol. The highest BCUT2D eigenvalue weighted by Gasteiger charge is 2.31. The van der Waals surface area contributed by atoms with Gasteiger partial charge in [-0.2, -0.15) is 10.1 Å². The summed E-state index contributed by atoms with van der Waals surface area (Å²) in [6.45, 7) is 3.89. The summed E-state index contributed by atoms with van der Waals surface area (Å²) in [5.41, 5.74) is 0. The summed E-state index contributed by atoms with van der Waals surface area (Å²) in [4.78, 5) is 9.12. The highest BCUT2D eigenvalue weighted by Crippen LogP contribution is 2.38. The molecular formula is C17H26N6O2. The summed E-state index contributed by atoms with van der Waals surface area (Å²) >= 11 is 0. The number of likely N-dealkylation sites (N-methyl/N-ethyl adjacent to an activating group) is 1.